The Bertz CT molecular complexity index is 957. The van der Waals surface area contributed by atoms with Gasteiger partial charge in [-0.1, -0.05) is 18.7 Å². The third-order valence-corrected chi connectivity index (χ3v) is 6.24. The van der Waals surface area contributed by atoms with E-state index >= 15 is 0 Å². The number of hydrogen-bond acceptors (Lipinski definition) is 6. The second-order valence-electron chi connectivity index (χ2n) is 6.88. The molecule has 0 saturated carbocycles. The van der Waals surface area contributed by atoms with Gasteiger partial charge in [-0.2, -0.15) is 0 Å². The van der Waals surface area contributed by atoms with Gasteiger partial charge in [-0.25, -0.2) is 13.2 Å². The summed E-state index contributed by atoms with van der Waals surface area (Å²) in [6.45, 7) is 6.14. The highest BCUT2D eigenvalue weighted by Gasteiger charge is 2.22. The second-order valence-corrected chi connectivity index (χ2v) is 8.83. The number of carbonyl (C=O) groups excluding carboxylic acids is 1. The van der Waals surface area contributed by atoms with Crippen molar-refractivity contribution in [1.29, 1.82) is 0 Å². The number of aryl methyl sites for hydroxylation is 1. The highest BCUT2D eigenvalue weighted by Crippen LogP contribution is 2.24. The smallest absolute Gasteiger partial charge is 0.333 e. The summed E-state index contributed by atoms with van der Waals surface area (Å²) in [5.41, 5.74) is 1.42. The van der Waals surface area contributed by atoms with E-state index in [4.69, 9.17) is 14.2 Å². The summed E-state index contributed by atoms with van der Waals surface area (Å²) in [7, 11) is -3.60. The molecular weight excluding hydrogens is 392 g/mol. The second kappa shape index (κ2) is 9.24. The van der Waals surface area contributed by atoms with Crippen molar-refractivity contribution >= 4 is 15.8 Å². The Morgan fingerprint density at radius 3 is 2.21 bits per heavy atom. The van der Waals surface area contributed by atoms with E-state index in [-0.39, 0.29) is 23.0 Å². The van der Waals surface area contributed by atoms with Gasteiger partial charge in [0.05, 0.1) is 22.5 Å². The van der Waals surface area contributed by atoms with Gasteiger partial charge in [0, 0.05) is 5.57 Å². The van der Waals surface area contributed by atoms with Crippen molar-refractivity contribution in [2.24, 2.45) is 0 Å². The van der Waals surface area contributed by atoms with Crippen LogP contribution in [-0.4, -0.2) is 40.3 Å². The zero-order valence-corrected chi connectivity index (χ0v) is 17.1. The maximum absolute atomic E-state index is 12.8. The van der Waals surface area contributed by atoms with E-state index < -0.39 is 15.8 Å². The lowest BCUT2D eigenvalue weighted by molar-refractivity contribution is -0.139. The molecule has 2 aromatic carbocycles. The van der Waals surface area contributed by atoms with Gasteiger partial charge >= 0.3 is 5.97 Å². The van der Waals surface area contributed by atoms with Gasteiger partial charge in [0.1, 0.15) is 19.0 Å². The van der Waals surface area contributed by atoms with Gasteiger partial charge in [0.2, 0.25) is 9.84 Å². The number of rotatable bonds is 10. The molecule has 0 amide bonds. The van der Waals surface area contributed by atoms with Crippen LogP contribution >= 0.6 is 0 Å². The van der Waals surface area contributed by atoms with Crippen LogP contribution in [0.1, 0.15) is 18.9 Å². The fourth-order valence-corrected chi connectivity index (χ4v) is 3.93. The topological polar surface area (TPSA) is 82.2 Å². The maximum Gasteiger partial charge on any atom is 0.333 e. The molecule has 0 N–H and O–H groups in total. The Morgan fingerprint density at radius 1 is 1.07 bits per heavy atom. The molecule has 0 aromatic heterocycles. The van der Waals surface area contributed by atoms with E-state index in [0.717, 1.165) is 25.0 Å². The van der Waals surface area contributed by atoms with E-state index in [1.165, 1.54) is 12.1 Å². The third-order valence-electron chi connectivity index (χ3n) is 4.46. The molecule has 1 fully saturated rings. The summed E-state index contributed by atoms with van der Waals surface area (Å²) in [4.78, 5) is 11.7. The van der Waals surface area contributed by atoms with Gasteiger partial charge in [-0.15, -0.1) is 0 Å². The van der Waals surface area contributed by atoms with Crippen LogP contribution in [0.25, 0.3) is 0 Å². The van der Waals surface area contributed by atoms with Crippen LogP contribution < -0.4 is 4.74 Å². The number of esters is 1. The van der Waals surface area contributed by atoms with Crippen LogP contribution in [-0.2, 0) is 30.5 Å². The molecule has 1 aliphatic rings. The molecule has 29 heavy (non-hydrogen) atoms. The molecule has 0 spiro atoms. The minimum Gasteiger partial charge on any atom is -0.490 e. The fraction of sp³-hybridized carbons (Fsp3) is 0.318. The van der Waals surface area contributed by atoms with Crippen molar-refractivity contribution in [3.05, 3.63) is 66.2 Å². The number of epoxide rings is 1. The predicted molar refractivity (Wildman–Crippen MR) is 108 cm³/mol. The van der Waals surface area contributed by atoms with Gasteiger partial charge in [-0.05, 0) is 61.7 Å². The van der Waals surface area contributed by atoms with E-state index in [1.807, 2.05) is 12.1 Å². The summed E-state index contributed by atoms with van der Waals surface area (Å²) in [5, 5.41) is 0. The molecule has 7 heteroatoms. The quantitative estimate of drug-likeness (QED) is 0.256. The zero-order chi connectivity index (χ0) is 20.9. The molecular formula is C22H24O6S. The summed E-state index contributed by atoms with van der Waals surface area (Å²) in [5.74, 6) is 0.0231. The van der Waals surface area contributed by atoms with Crippen molar-refractivity contribution < 1.29 is 27.4 Å². The molecule has 154 valence electrons. The number of carbonyl (C=O) groups is 1. The third kappa shape index (κ3) is 5.92. The van der Waals surface area contributed by atoms with Crippen LogP contribution in [0.3, 0.4) is 0 Å². The standard InChI is InChI=1S/C22H24O6S/c1-16(2)22(23)27-14-13-26-18-7-11-21(12-8-18)29(24,25)20-9-4-17(5-10-20)3-6-19-15-28-19/h4-5,7-12,19H,1,3,6,13-15H2,2H3. The lowest BCUT2D eigenvalue weighted by Gasteiger charge is -2.09. The Labute approximate surface area is 171 Å². The minimum absolute atomic E-state index is 0.0883. The Balaban J connectivity index is 1.56. The lowest BCUT2D eigenvalue weighted by Crippen LogP contribution is -2.12. The van der Waals surface area contributed by atoms with Gasteiger partial charge in [0.15, 0.2) is 0 Å². The monoisotopic (exact) mass is 416 g/mol. The lowest BCUT2D eigenvalue weighted by atomic mass is 10.1. The number of hydrogen-bond donors (Lipinski definition) is 0. The summed E-state index contributed by atoms with van der Waals surface area (Å²) in [6.07, 6.45) is 2.19. The molecule has 1 aliphatic heterocycles. The highest BCUT2D eigenvalue weighted by molar-refractivity contribution is 7.91. The highest BCUT2D eigenvalue weighted by atomic mass is 32.2. The van der Waals surface area contributed by atoms with Crippen molar-refractivity contribution in [3.63, 3.8) is 0 Å². The van der Waals surface area contributed by atoms with E-state index in [9.17, 15) is 13.2 Å². The largest absolute Gasteiger partial charge is 0.490 e. The average molecular weight is 416 g/mol. The summed E-state index contributed by atoms with van der Waals surface area (Å²) in [6, 6.07) is 13.1. The first kappa shape index (κ1) is 21.1. The average Bonchev–Trinajstić information content (AvgIpc) is 3.54. The SMILES string of the molecule is C=C(C)C(=O)OCCOc1ccc(S(=O)(=O)c2ccc(CCC3CO3)cc2)cc1. The van der Waals surface area contributed by atoms with Gasteiger partial charge in [-0.3, -0.25) is 0 Å². The fourth-order valence-electron chi connectivity index (χ4n) is 2.67. The Morgan fingerprint density at radius 2 is 1.66 bits per heavy atom. The first-order valence-corrected chi connectivity index (χ1v) is 10.9. The molecule has 2 aromatic rings. The number of benzene rings is 2. The van der Waals surface area contributed by atoms with E-state index in [0.29, 0.717) is 17.4 Å². The molecule has 1 saturated heterocycles. The van der Waals surface area contributed by atoms with Crippen molar-refractivity contribution in [1.82, 2.24) is 0 Å². The van der Waals surface area contributed by atoms with Crippen LogP contribution in [0.15, 0.2) is 70.5 Å². The van der Waals surface area contributed by atoms with Gasteiger partial charge in [0.25, 0.3) is 0 Å². The molecule has 1 unspecified atom stereocenters. The number of ether oxygens (including phenoxy) is 3. The summed E-state index contributed by atoms with van der Waals surface area (Å²) >= 11 is 0. The van der Waals surface area contributed by atoms with Crippen molar-refractivity contribution in [2.75, 3.05) is 19.8 Å². The van der Waals surface area contributed by atoms with Crippen LogP contribution in [0.2, 0.25) is 0 Å². The van der Waals surface area contributed by atoms with E-state index in [2.05, 4.69) is 6.58 Å². The van der Waals surface area contributed by atoms with Crippen molar-refractivity contribution in [2.45, 2.75) is 35.7 Å². The first-order chi connectivity index (χ1) is 13.9. The van der Waals surface area contributed by atoms with Crippen LogP contribution in [0, 0.1) is 0 Å². The predicted octanol–water partition coefficient (Wildman–Crippen LogP) is 3.35. The van der Waals surface area contributed by atoms with Gasteiger partial charge < -0.3 is 14.2 Å². The Kier molecular flexibility index (Phi) is 6.71. The number of sulfone groups is 1. The molecule has 1 atom stereocenters. The molecule has 1 heterocycles. The normalized spacial score (nSPS) is 15.6. The molecule has 3 rings (SSSR count). The first-order valence-electron chi connectivity index (χ1n) is 9.37. The molecule has 6 nitrogen and oxygen atoms in total. The zero-order valence-electron chi connectivity index (χ0n) is 16.3. The summed E-state index contributed by atoms with van der Waals surface area (Å²) < 4.78 is 41.2. The molecule has 0 radical (unpaired) electrons. The molecule has 0 bridgehead atoms. The maximum atomic E-state index is 12.8. The van der Waals surface area contributed by atoms with E-state index in [1.54, 1.807) is 31.2 Å². The van der Waals surface area contributed by atoms with Crippen LogP contribution in [0.4, 0.5) is 0 Å². The Hall–Kier alpha value is -2.64. The van der Waals surface area contributed by atoms with Crippen LogP contribution in [0.5, 0.6) is 5.75 Å². The molecule has 0 aliphatic carbocycles. The minimum atomic E-state index is -3.60. The van der Waals surface area contributed by atoms with Crippen molar-refractivity contribution in [3.8, 4) is 5.75 Å².